The molecule has 152 valence electrons. The van der Waals surface area contributed by atoms with Gasteiger partial charge in [0.2, 0.25) is 5.95 Å². The third kappa shape index (κ3) is 4.03. The molecule has 2 aromatic carbocycles. The van der Waals surface area contributed by atoms with Crippen LogP contribution in [0.3, 0.4) is 0 Å². The number of hydrogen-bond acceptors (Lipinski definition) is 6. The van der Waals surface area contributed by atoms with Crippen LogP contribution in [0.2, 0.25) is 0 Å². The number of fused-ring (bicyclic) bond motifs is 1. The van der Waals surface area contributed by atoms with E-state index in [1.807, 2.05) is 56.3 Å². The molecule has 4 rings (SSSR count). The van der Waals surface area contributed by atoms with Crippen molar-refractivity contribution in [2.75, 3.05) is 12.5 Å². The van der Waals surface area contributed by atoms with Crippen molar-refractivity contribution in [3.63, 3.8) is 0 Å². The molecule has 0 aliphatic rings. The third-order valence-electron chi connectivity index (χ3n) is 4.82. The second-order valence-electron chi connectivity index (χ2n) is 7.38. The Morgan fingerprint density at radius 3 is 2.27 bits per heavy atom. The third-order valence-corrected chi connectivity index (χ3v) is 4.82. The molecule has 0 aliphatic heterocycles. The van der Waals surface area contributed by atoms with Gasteiger partial charge in [-0.05, 0) is 75.2 Å². The van der Waals surface area contributed by atoms with Gasteiger partial charge in [-0.25, -0.2) is 15.4 Å². The molecule has 0 bridgehead atoms. The maximum atomic E-state index is 6.25. The fourth-order valence-corrected chi connectivity index (χ4v) is 3.55. The van der Waals surface area contributed by atoms with Crippen LogP contribution in [0, 0.1) is 27.7 Å². The van der Waals surface area contributed by atoms with E-state index in [9.17, 15) is 0 Å². The lowest BCUT2D eigenvalue weighted by molar-refractivity contribution is 0.415. The summed E-state index contributed by atoms with van der Waals surface area (Å²) in [6, 6.07) is 15.8. The van der Waals surface area contributed by atoms with Gasteiger partial charge in [0.1, 0.15) is 17.1 Å². The van der Waals surface area contributed by atoms with Crippen LogP contribution in [0.25, 0.3) is 22.3 Å². The predicted molar refractivity (Wildman–Crippen MR) is 118 cm³/mol. The van der Waals surface area contributed by atoms with Crippen LogP contribution in [0.15, 0.2) is 58.0 Å². The summed E-state index contributed by atoms with van der Waals surface area (Å²) < 4.78 is 11.5. The maximum absolute atomic E-state index is 6.25. The van der Waals surface area contributed by atoms with Gasteiger partial charge in [-0.2, -0.15) is 5.10 Å². The van der Waals surface area contributed by atoms with Crippen LogP contribution in [-0.2, 0) is 0 Å². The van der Waals surface area contributed by atoms with Crippen LogP contribution < -0.4 is 15.5 Å². The van der Waals surface area contributed by atoms with Crippen LogP contribution in [-0.4, -0.2) is 17.1 Å². The molecular formula is C24H24N4O2. The molecule has 0 unspecified atom stereocenters. The fourth-order valence-electron chi connectivity index (χ4n) is 3.55. The minimum atomic E-state index is 0.470. The van der Waals surface area contributed by atoms with Gasteiger partial charge in [-0.1, -0.05) is 6.07 Å². The Bertz CT molecular complexity index is 1270. The summed E-state index contributed by atoms with van der Waals surface area (Å²) in [7, 11) is 1.65. The summed E-state index contributed by atoms with van der Waals surface area (Å²) in [5.74, 6) is 1.99. The van der Waals surface area contributed by atoms with Crippen molar-refractivity contribution in [1.82, 2.24) is 9.97 Å². The standard InChI is InChI=1S/C24H24N4O2/c1-14-10-15(2)23-20(27-28-24-25-16(3)12-17(4)26-24)13-21(30-22(23)11-14)18-6-8-19(29-5)9-7-18/h6-13H,1-5H3,(H,25,26,28). The van der Waals surface area contributed by atoms with Crippen LogP contribution >= 0.6 is 0 Å². The highest BCUT2D eigenvalue weighted by molar-refractivity contribution is 5.82. The summed E-state index contributed by atoms with van der Waals surface area (Å²) in [5, 5.41) is 6.36. The van der Waals surface area contributed by atoms with Gasteiger partial charge >= 0.3 is 0 Å². The number of nitrogens with one attached hydrogen (secondary N) is 1. The first-order valence-electron chi connectivity index (χ1n) is 9.74. The molecule has 30 heavy (non-hydrogen) atoms. The van der Waals surface area contributed by atoms with Crippen molar-refractivity contribution in [3.8, 4) is 17.1 Å². The van der Waals surface area contributed by atoms with Gasteiger partial charge in [0, 0.05) is 28.4 Å². The van der Waals surface area contributed by atoms with E-state index in [-0.39, 0.29) is 0 Å². The second-order valence-corrected chi connectivity index (χ2v) is 7.38. The van der Waals surface area contributed by atoms with Crippen molar-refractivity contribution < 1.29 is 9.15 Å². The van der Waals surface area contributed by atoms with Gasteiger partial charge < -0.3 is 9.15 Å². The van der Waals surface area contributed by atoms with Crippen molar-refractivity contribution in [3.05, 3.63) is 76.4 Å². The second kappa shape index (κ2) is 7.99. The first-order chi connectivity index (χ1) is 14.4. The highest BCUT2D eigenvalue weighted by atomic mass is 16.5. The number of anilines is 1. The minimum Gasteiger partial charge on any atom is -0.497 e. The molecule has 2 aromatic heterocycles. The number of hydrogen-bond donors (Lipinski definition) is 1. The van der Waals surface area contributed by atoms with E-state index < -0.39 is 0 Å². The highest BCUT2D eigenvalue weighted by Gasteiger charge is 2.10. The number of ether oxygens (including phenoxy) is 1. The van der Waals surface area contributed by atoms with E-state index in [0.29, 0.717) is 5.95 Å². The molecular weight excluding hydrogens is 376 g/mol. The molecule has 2 heterocycles. The summed E-state index contributed by atoms with van der Waals surface area (Å²) in [6.07, 6.45) is 0. The van der Waals surface area contributed by atoms with E-state index in [2.05, 4.69) is 40.4 Å². The molecule has 0 aliphatic carbocycles. The highest BCUT2D eigenvalue weighted by Crippen LogP contribution is 2.26. The first-order valence-corrected chi connectivity index (χ1v) is 9.74. The Morgan fingerprint density at radius 2 is 1.60 bits per heavy atom. The summed E-state index contributed by atoms with van der Waals surface area (Å²) in [6.45, 7) is 7.99. The Balaban J connectivity index is 1.89. The van der Waals surface area contributed by atoms with Gasteiger partial charge in [-0.15, -0.1) is 0 Å². The Kier molecular flexibility index (Phi) is 5.23. The van der Waals surface area contributed by atoms with Crippen LogP contribution in [0.5, 0.6) is 5.75 Å². The lowest BCUT2D eigenvalue weighted by Gasteiger charge is -2.09. The molecule has 0 amide bonds. The predicted octanol–water partition coefficient (Wildman–Crippen LogP) is 5.06. The lowest BCUT2D eigenvalue weighted by atomic mass is 10.0. The molecule has 0 fully saturated rings. The normalized spacial score (nSPS) is 11.7. The van der Waals surface area contributed by atoms with E-state index in [0.717, 1.165) is 55.9 Å². The zero-order chi connectivity index (χ0) is 21.3. The summed E-state index contributed by atoms with van der Waals surface area (Å²) in [5.41, 5.74) is 8.74. The smallest absolute Gasteiger partial charge is 0.243 e. The summed E-state index contributed by atoms with van der Waals surface area (Å²) in [4.78, 5) is 8.82. The Hall–Kier alpha value is -3.67. The molecule has 6 nitrogen and oxygen atoms in total. The molecule has 0 saturated carbocycles. The molecule has 6 heteroatoms. The largest absolute Gasteiger partial charge is 0.497 e. The number of aromatic nitrogens is 2. The average Bonchev–Trinajstić information content (AvgIpc) is 2.70. The Labute approximate surface area is 175 Å². The topological polar surface area (TPSA) is 72.5 Å². The maximum Gasteiger partial charge on any atom is 0.243 e. The molecule has 0 atom stereocenters. The monoisotopic (exact) mass is 400 g/mol. The lowest BCUT2D eigenvalue weighted by Crippen LogP contribution is -2.10. The SMILES string of the molecule is COc1ccc(-c2cc(=NNc3nc(C)cc(C)n3)c3c(C)cc(C)cc3o2)cc1. The number of methoxy groups -OCH3 is 1. The zero-order valence-corrected chi connectivity index (χ0v) is 17.8. The molecule has 4 aromatic rings. The van der Waals surface area contributed by atoms with E-state index >= 15 is 0 Å². The van der Waals surface area contributed by atoms with Gasteiger partial charge in [0.15, 0.2) is 0 Å². The van der Waals surface area contributed by atoms with Gasteiger partial charge in [-0.3, -0.25) is 0 Å². The molecule has 1 N–H and O–H groups in total. The van der Waals surface area contributed by atoms with Crippen molar-refractivity contribution in [2.45, 2.75) is 27.7 Å². The number of aryl methyl sites for hydroxylation is 4. The van der Waals surface area contributed by atoms with E-state index in [4.69, 9.17) is 9.15 Å². The van der Waals surface area contributed by atoms with Crippen molar-refractivity contribution in [1.29, 1.82) is 0 Å². The van der Waals surface area contributed by atoms with Gasteiger partial charge in [0.25, 0.3) is 0 Å². The molecule has 0 saturated heterocycles. The fraction of sp³-hybridized carbons (Fsp3) is 0.208. The minimum absolute atomic E-state index is 0.470. The number of nitrogens with zero attached hydrogens (tertiary/aromatic N) is 3. The zero-order valence-electron chi connectivity index (χ0n) is 17.8. The van der Waals surface area contributed by atoms with Crippen LogP contribution in [0.1, 0.15) is 22.5 Å². The molecule has 0 spiro atoms. The van der Waals surface area contributed by atoms with Crippen molar-refractivity contribution in [2.24, 2.45) is 5.10 Å². The van der Waals surface area contributed by atoms with Gasteiger partial charge in [0.05, 0.1) is 12.5 Å². The number of rotatable bonds is 4. The number of benzene rings is 2. The van der Waals surface area contributed by atoms with Crippen molar-refractivity contribution >= 4 is 16.9 Å². The Morgan fingerprint density at radius 1 is 0.900 bits per heavy atom. The average molecular weight is 400 g/mol. The molecule has 0 radical (unpaired) electrons. The summed E-state index contributed by atoms with van der Waals surface area (Å²) >= 11 is 0. The first kappa shape index (κ1) is 19.6. The van der Waals surface area contributed by atoms with Crippen LogP contribution in [0.4, 0.5) is 5.95 Å². The van der Waals surface area contributed by atoms with E-state index in [1.165, 1.54) is 0 Å². The quantitative estimate of drug-likeness (QED) is 0.485. The van der Waals surface area contributed by atoms with E-state index in [1.54, 1.807) is 7.11 Å².